The molecule has 0 radical (unpaired) electrons. The fraction of sp³-hybridized carbons (Fsp3) is 0.760. The van der Waals surface area contributed by atoms with Crippen molar-refractivity contribution in [2.24, 2.45) is 11.8 Å². The van der Waals surface area contributed by atoms with Crippen molar-refractivity contribution < 1.29 is 4.39 Å². The second-order valence-electron chi connectivity index (χ2n) is 9.15. The Morgan fingerprint density at radius 1 is 0.846 bits per heavy atom. The highest BCUT2D eigenvalue weighted by atomic mass is 19.1. The van der Waals surface area contributed by atoms with E-state index in [1.54, 1.807) is 0 Å². The van der Waals surface area contributed by atoms with E-state index in [2.05, 4.69) is 38.1 Å². The molecule has 0 unspecified atom stereocenters. The smallest absolute Gasteiger partial charge is 0.136 e. The lowest BCUT2D eigenvalue weighted by Crippen LogP contribution is -2.27. The minimum absolute atomic E-state index is 0.706. The van der Waals surface area contributed by atoms with Crippen LogP contribution in [-0.2, 0) is 5.67 Å². The molecule has 0 amide bonds. The van der Waals surface area contributed by atoms with Crippen molar-refractivity contribution in [2.75, 3.05) is 0 Å². The summed E-state index contributed by atoms with van der Waals surface area (Å²) in [5.41, 5.74) is 1.32. The summed E-state index contributed by atoms with van der Waals surface area (Å²) < 4.78 is 15.4. The van der Waals surface area contributed by atoms with Gasteiger partial charge in [0.05, 0.1) is 0 Å². The summed E-state index contributed by atoms with van der Waals surface area (Å²) in [6.45, 7) is 4.53. The first kappa shape index (κ1) is 19.9. The minimum atomic E-state index is -1.07. The Kier molecular flexibility index (Phi) is 7.18. The van der Waals surface area contributed by atoms with Gasteiger partial charge in [0, 0.05) is 0 Å². The number of hydrogen-bond donors (Lipinski definition) is 0. The number of rotatable bonds is 7. The quantitative estimate of drug-likeness (QED) is 0.430. The Bertz CT molecular complexity index is 516. The SMILES string of the molecule is CCCCC[C@H]1CC[C@H](c2ccc(C3(F)CCC(CC)CC3)cc2)CC1. The summed E-state index contributed by atoms with van der Waals surface area (Å²) in [6, 6.07) is 8.69. The van der Waals surface area contributed by atoms with Gasteiger partial charge in [-0.25, -0.2) is 4.39 Å². The molecule has 146 valence electrons. The zero-order valence-electron chi connectivity index (χ0n) is 17.1. The Morgan fingerprint density at radius 2 is 1.50 bits per heavy atom. The molecule has 2 aliphatic carbocycles. The standard InChI is InChI=1S/C25H39F/c1-3-5-6-7-21-8-10-22(11-9-21)23-12-14-24(15-13-23)25(26)18-16-20(4-2)17-19-25/h12-15,20-22H,3-11,16-19H2,1-2H3/t20?,21-,22-,25?. The summed E-state index contributed by atoms with van der Waals surface area (Å²) >= 11 is 0. The van der Waals surface area contributed by atoms with E-state index in [0.717, 1.165) is 30.2 Å². The van der Waals surface area contributed by atoms with Gasteiger partial charge in [0.25, 0.3) is 0 Å². The van der Waals surface area contributed by atoms with Crippen molar-refractivity contribution in [3.8, 4) is 0 Å². The fourth-order valence-corrected chi connectivity index (χ4v) is 5.35. The van der Waals surface area contributed by atoms with Crippen LogP contribution in [0.1, 0.15) is 114 Å². The zero-order chi connectivity index (χ0) is 18.4. The molecule has 26 heavy (non-hydrogen) atoms. The molecule has 1 aromatic rings. The predicted octanol–water partition coefficient (Wildman–Crippen LogP) is 8.31. The van der Waals surface area contributed by atoms with E-state index < -0.39 is 5.67 Å². The molecule has 1 aromatic carbocycles. The van der Waals surface area contributed by atoms with Gasteiger partial charge < -0.3 is 0 Å². The zero-order valence-corrected chi connectivity index (χ0v) is 17.1. The highest BCUT2D eigenvalue weighted by molar-refractivity contribution is 5.30. The average molecular weight is 359 g/mol. The minimum Gasteiger partial charge on any atom is -0.239 e. The summed E-state index contributed by atoms with van der Waals surface area (Å²) in [4.78, 5) is 0. The van der Waals surface area contributed by atoms with Crippen molar-refractivity contribution in [3.63, 3.8) is 0 Å². The molecular formula is C25H39F. The number of benzene rings is 1. The first-order chi connectivity index (χ1) is 12.6. The fourth-order valence-electron chi connectivity index (χ4n) is 5.35. The third-order valence-electron chi connectivity index (χ3n) is 7.44. The van der Waals surface area contributed by atoms with Crippen LogP contribution >= 0.6 is 0 Å². The molecule has 2 saturated carbocycles. The Labute approximate surface area is 161 Å². The van der Waals surface area contributed by atoms with Crippen LogP contribution in [0.4, 0.5) is 4.39 Å². The van der Waals surface area contributed by atoms with Gasteiger partial charge in [-0.15, -0.1) is 0 Å². The third kappa shape index (κ3) is 4.90. The van der Waals surface area contributed by atoms with Gasteiger partial charge in [0.15, 0.2) is 0 Å². The van der Waals surface area contributed by atoms with Crippen LogP contribution in [0.3, 0.4) is 0 Å². The van der Waals surface area contributed by atoms with E-state index >= 15 is 4.39 Å². The average Bonchev–Trinajstić information content (AvgIpc) is 2.69. The molecule has 0 saturated heterocycles. The van der Waals surface area contributed by atoms with Crippen molar-refractivity contribution in [2.45, 2.75) is 109 Å². The Hall–Kier alpha value is -0.850. The Balaban J connectivity index is 1.52. The third-order valence-corrected chi connectivity index (χ3v) is 7.44. The number of halogens is 1. The van der Waals surface area contributed by atoms with Gasteiger partial charge in [0.2, 0.25) is 0 Å². The number of unbranched alkanes of at least 4 members (excludes halogenated alkanes) is 2. The maximum Gasteiger partial charge on any atom is 0.136 e. The first-order valence-electron chi connectivity index (χ1n) is 11.4. The van der Waals surface area contributed by atoms with Crippen LogP contribution in [0, 0.1) is 11.8 Å². The maximum atomic E-state index is 15.4. The summed E-state index contributed by atoms with van der Waals surface area (Å²) in [5.74, 6) is 2.41. The van der Waals surface area contributed by atoms with Crippen LogP contribution in [-0.4, -0.2) is 0 Å². The first-order valence-corrected chi connectivity index (χ1v) is 11.4. The lowest BCUT2D eigenvalue weighted by Gasteiger charge is -2.34. The molecular weight excluding hydrogens is 319 g/mol. The van der Waals surface area contributed by atoms with Crippen molar-refractivity contribution in [1.82, 2.24) is 0 Å². The predicted molar refractivity (Wildman–Crippen MR) is 110 cm³/mol. The van der Waals surface area contributed by atoms with Gasteiger partial charge in [-0.1, -0.05) is 70.2 Å². The molecule has 3 rings (SSSR count). The largest absolute Gasteiger partial charge is 0.239 e. The highest BCUT2D eigenvalue weighted by Crippen LogP contribution is 2.44. The molecule has 0 aromatic heterocycles. The topological polar surface area (TPSA) is 0 Å². The highest BCUT2D eigenvalue weighted by Gasteiger charge is 2.36. The maximum absolute atomic E-state index is 15.4. The van der Waals surface area contributed by atoms with Crippen LogP contribution < -0.4 is 0 Å². The monoisotopic (exact) mass is 358 g/mol. The van der Waals surface area contributed by atoms with Gasteiger partial charge in [-0.3, -0.25) is 0 Å². The van der Waals surface area contributed by atoms with Gasteiger partial charge in [-0.05, 0) is 80.2 Å². The van der Waals surface area contributed by atoms with E-state index in [4.69, 9.17) is 0 Å². The lowest BCUT2D eigenvalue weighted by atomic mass is 9.74. The van der Waals surface area contributed by atoms with Gasteiger partial charge in [0.1, 0.15) is 5.67 Å². The molecule has 0 heterocycles. The van der Waals surface area contributed by atoms with E-state index in [0.29, 0.717) is 18.8 Å². The molecule has 0 nitrogen and oxygen atoms in total. The molecule has 0 spiro atoms. The van der Waals surface area contributed by atoms with E-state index in [1.165, 1.54) is 63.4 Å². The summed E-state index contributed by atoms with van der Waals surface area (Å²) in [6.07, 6.45) is 15.8. The molecule has 2 aliphatic rings. The van der Waals surface area contributed by atoms with Crippen molar-refractivity contribution in [3.05, 3.63) is 35.4 Å². The van der Waals surface area contributed by atoms with E-state index in [1.807, 2.05) is 0 Å². The normalized spacial score (nSPS) is 32.5. The molecule has 1 heteroatoms. The number of hydrogen-bond acceptors (Lipinski definition) is 0. The van der Waals surface area contributed by atoms with Crippen molar-refractivity contribution >= 4 is 0 Å². The lowest BCUT2D eigenvalue weighted by molar-refractivity contribution is 0.0807. The Morgan fingerprint density at radius 3 is 2.08 bits per heavy atom. The van der Waals surface area contributed by atoms with E-state index in [-0.39, 0.29) is 0 Å². The molecule has 2 fully saturated rings. The molecule has 0 atom stereocenters. The summed E-state index contributed by atoms with van der Waals surface area (Å²) in [7, 11) is 0. The molecule has 0 bridgehead atoms. The van der Waals surface area contributed by atoms with E-state index in [9.17, 15) is 0 Å². The number of alkyl halides is 1. The van der Waals surface area contributed by atoms with Crippen molar-refractivity contribution in [1.29, 1.82) is 0 Å². The second-order valence-corrected chi connectivity index (χ2v) is 9.15. The van der Waals surface area contributed by atoms with Gasteiger partial charge in [-0.2, -0.15) is 0 Å². The van der Waals surface area contributed by atoms with Crippen LogP contribution in [0.5, 0.6) is 0 Å². The second kappa shape index (κ2) is 9.38. The molecule has 0 N–H and O–H groups in total. The van der Waals surface area contributed by atoms with Crippen LogP contribution in [0.15, 0.2) is 24.3 Å². The van der Waals surface area contributed by atoms with Gasteiger partial charge >= 0.3 is 0 Å². The van der Waals surface area contributed by atoms with Crippen LogP contribution in [0.2, 0.25) is 0 Å². The summed E-state index contributed by atoms with van der Waals surface area (Å²) in [5, 5.41) is 0. The molecule has 0 aliphatic heterocycles. The van der Waals surface area contributed by atoms with Crippen LogP contribution in [0.25, 0.3) is 0 Å².